The second kappa shape index (κ2) is 70.7. The van der Waals surface area contributed by atoms with Gasteiger partial charge in [0.15, 0.2) is 12.2 Å². The van der Waals surface area contributed by atoms with Gasteiger partial charge in [-0.2, -0.15) is 0 Å². The molecule has 0 radical (unpaired) electrons. The maximum atomic E-state index is 13.1. The Kier molecular flexibility index (Phi) is 69.3. The van der Waals surface area contributed by atoms with Crippen molar-refractivity contribution in [2.75, 3.05) is 39.6 Å². The number of unbranched alkanes of at least 4 members (excludes halogenated alkanes) is 48. The first-order valence-corrected chi connectivity index (χ1v) is 44.0. The number of esters is 4. The van der Waals surface area contributed by atoms with Crippen molar-refractivity contribution in [2.45, 2.75) is 432 Å². The van der Waals surface area contributed by atoms with E-state index in [1.807, 2.05) is 0 Å². The van der Waals surface area contributed by atoms with Crippen molar-refractivity contribution in [2.24, 2.45) is 11.8 Å². The quantitative estimate of drug-likeness (QED) is 0.0222. The van der Waals surface area contributed by atoms with Crippen molar-refractivity contribution >= 4 is 39.5 Å². The minimum absolute atomic E-state index is 0.106. The van der Waals surface area contributed by atoms with E-state index in [9.17, 15) is 43.2 Å². The fraction of sp³-hybridized carbons (Fsp3) is 0.949. The van der Waals surface area contributed by atoms with E-state index in [0.717, 1.165) is 102 Å². The Bertz CT molecular complexity index is 1890. The molecule has 0 aromatic rings. The molecule has 582 valence electrons. The molecule has 0 aromatic carbocycles. The molecule has 19 heteroatoms. The summed E-state index contributed by atoms with van der Waals surface area (Å²) in [7, 11) is -9.91. The summed E-state index contributed by atoms with van der Waals surface area (Å²) in [6, 6.07) is 0. The van der Waals surface area contributed by atoms with Gasteiger partial charge in [-0.1, -0.05) is 363 Å². The van der Waals surface area contributed by atoms with Crippen molar-refractivity contribution < 1.29 is 80.2 Å². The van der Waals surface area contributed by atoms with Crippen LogP contribution in [-0.4, -0.2) is 96.7 Å². The molecule has 0 amide bonds. The van der Waals surface area contributed by atoms with Gasteiger partial charge in [0.2, 0.25) is 0 Å². The Balaban J connectivity index is 5.18. The Labute approximate surface area is 600 Å². The number of rotatable bonds is 78. The lowest BCUT2D eigenvalue weighted by Crippen LogP contribution is -2.30. The topological polar surface area (TPSA) is 237 Å². The van der Waals surface area contributed by atoms with E-state index in [1.165, 1.54) is 225 Å². The molecule has 0 saturated carbocycles. The highest BCUT2D eigenvalue weighted by molar-refractivity contribution is 7.47. The first-order chi connectivity index (χ1) is 47.4. The summed E-state index contributed by atoms with van der Waals surface area (Å²) >= 11 is 0. The van der Waals surface area contributed by atoms with Gasteiger partial charge in [-0.25, -0.2) is 9.13 Å². The van der Waals surface area contributed by atoms with Crippen LogP contribution in [0.4, 0.5) is 0 Å². The maximum Gasteiger partial charge on any atom is 0.472 e. The first-order valence-electron chi connectivity index (χ1n) is 41.0. The molecule has 0 heterocycles. The average Bonchev–Trinajstić information content (AvgIpc) is 0.937. The van der Waals surface area contributed by atoms with E-state index >= 15 is 0 Å². The van der Waals surface area contributed by atoms with Crippen LogP contribution in [0.25, 0.3) is 0 Å². The summed E-state index contributed by atoms with van der Waals surface area (Å²) in [5.74, 6) is -0.614. The Morgan fingerprint density at radius 2 is 0.469 bits per heavy atom. The van der Waals surface area contributed by atoms with Crippen LogP contribution in [0.2, 0.25) is 0 Å². The molecule has 0 aromatic heterocycles. The second-order valence-corrected chi connectivity index (χ2v) is 32.3. The van der Waals surface area contributed by atoms with Gasteiger partial charge >= 0.3 is 39.5 Å². The number of phosphoric acid groups is 2. The van der Waals surface area contributed by atoms with Crippen molar-refractivity contribution in [1.82, 2.24) is 0 Å². The fourth-order valence-corrected chi connectivity index (χ4v) is 13.8. The van der Waals surface area contributed by atoms with Crippen molar-refractivity contribution in [3.63, 3.8) is 0 Å². The molecule has 5 atom stereocenters. The van der Waals surface area contributed by atoms with E-state index in [4.69, 9.17) is 37.0 Å². The van der Waals surface area contributed by atoms with E-state index in [-0.39, 0.29) is 25.7 Å². The largest absolute Gasteiger partial charge is 0.472 e. The third-order valence-corrected chi connectivity index (χ3v) is 20.4. The van der Waals surface area contributed by atoms with E-state index in [0.29, 0.717) is 31.6 Å². The van der Waals surface area contributed by atoms with Crippen LogP contribution < -0.4 is 0 Å². The number of aliphatic hydroxyl groups is 1. The Morgan fingerprint density at radius 3 is 0.694 bits per heavy atom. The zero-order valence-corrected chi connectivity index (χ0v) is 65.9. The molecule has 0 fully saturated rings. The van der Waals surface area contributed by atoms with Crippen LogP contribution in [0.1, 0.15) is 414 Å². The van der Waals surface area contributed by atoms with Crippen LogP contribution in [0.15, 0.2) is 0 Å². The summed E-state index contributed by atoms with van der Waals surface area (Å²) in [6.45, 7) is 9.56. The van der Waals surface area contributed by atoms with Crippen LogP contribution >= 0.6 is 15.6 Å². The highest BCUT2D eigenvalue weighted by atomic mass is 31.2. The minimum atomic E-state index is -4.96. The van der Waals surface area contributed by atoms with Gasteiger partial charge in [0.05, 0.1) is 26.4 Å². The monoisotopic (exact) mass is 1440 g/mol. The SMILES string of the molecule is CCCCCCCCCCCCCCCCCCCCC(=O)OC[C@H](COP(=O)(O)OC[C@@H](O)COP(=O)(O)OC[C@@H](COC(=O)CCCCCCCCC(C)C)OC(=O)CCCCCCCCCCCC)OC(=O)CCCCCCCCCCCCCCCCCCCCC(C)C. The minimum Gasteiger partial charge on any atom is -0.462 e. The molecule has 0 aliphatic heterocycles. The average molecular weight is 1440 g/mol. The van der Waals surface area contributed by atoms with Crippen LogP contribution in [0.5, 0.6) is 0 Å². The number of phosphoric ester groups is 2. The normalized spacial score (nSPS) is 13.9. The van der Waals surface area contributed by atoms with E-state index in [2.05, 4.69) is 41.5 Å². The first kappa shape index (κ1) is 96.1. The molecular weight excluding hydrogens is 1280 g/mol. The molecule has 0 saturated heterocycles. The number of carbonyl (C=O) groups is 4. The molecular formula is C79H154O17P2. The highest BCUT2D eigenvalue weighted by Gasteiger charge is 2.30. The van der Waals surface area contributed by atoms with Gasteiger partial charge < -0.3 is 33.8 Å². The summed E-state index contributed by atoms with van der Waals surface area (Å²) in [4.78, 5) is 72.8. The van der Waals surface area contributed by atoms with E-state index in [1.54, 1.807) is 0 Å². The predicted octanol–water partition coefficient (Wildman–Crippen LogP) is 23.5. The third kappa shape index (κ3) is 72.4. The Morgan fingerprint density at radius 1 is 0.276 bits per heavy atom. The molecule has 2 unspecified atom stereocenters. The van der Waals surface area contributed by atoms with Crippen LogP contribution in [0, 0.1) is 11.8 Å². The van der Waals surface area contributed by atoms with Crippen LogP contribution in [-0.2, 0) is 65.4 Å². The van der Waals surface area contributed by atoms with Crippen molar-refractivity contribution in [3.8, 4) is 0 Å². The number of carbonyl (C=O) groups excluding carboxylic acids is 4. The molecule has 0 aliphatic rings. The smallest absolute Gasteiger partial charge is 0.462 e. The molecule has 0 bridgehead atoms. The van der Waals surface area contributed by atoms with E-state index < -0.39 is 97.5 Å². The lowest BCUT2D eigenvalue weighted by Gasteiger charge is -2.21. The second-order valence-electron chi connectivity index (χ2n) is 29.4. The summed E-state index contributed by atoms with van der Waals surface area (Å²) in [5.41, 5.74) is 0. The summed E-state index contributed by atoms with van der Waals surface area (Å²) in [6.07, 6.45) is 60.0. The highest BCUT2D eigenvalue weighted by Crippen LogP contribution is 2.45. The predicted molar refractivity (Wildman–Crippen MR) is 400 cm³/mol. The zero-order valence-electron chi connectivity index (χ0n) is 64.1. The Hall–Kier alpha value is -1.94. The van der Waals surface area contributed by atoms with Crippen molar-refractivity contribution in [3.05, 3.63) is 0 Å². The lowest BCUT2D eigenvalue weighted by atomic mass is 10.0. The van der Waals surface area contributed by atoms with Gasteiger partial charge in [0.1, 0.15) is 19.3 Å². The van der Waals surface area contributed by atoms with Gasteiger partial charge in [-0.15, -0.1) is 0 Å². The van der Waals surface area contributed by atoms with Crippen LogP contribution in [0.3, 0.4) is 0 Å². The maximum absolute atomic E-state index is 13.1. The summed E-state index contributed by atoms with van der Waals surface area (Å²) < 4.78 is 68.5. The van der Waals surface area contributed by atoms with Gasteiger partial charge in [0, 0.05) is 25.7 Å². The number of hydrogen-bond acceptors (Lipinski definition) is 15. The third-order valence-electron chi connectivity index (χ3n) is 18.5. The molecule has 98 heavy (non-hydrogen) atoms. The number of ether oxygens (including phenoxy) is 4. The molecule has 17 nitrogen and oxygen atoms in total. The zero-order chi connectivity index (χ0) is 72.1. The van der Waals surface area contributed by atoms with Gasteiger partial charge in [-0.3, -0.25) is 37.3 Å². The van der Waals surface area contributed by atoms with Crippen molar-refractivity contribution in [1.29, 1.82) is 0 Å². The molecule has 0 rings (SSSR count). The number of aliphatic hydroxyl groups excluding tert-OH is 1. The standard InChI is InChI=1S/C79H154O17P2/c1-7-9-11-13-15-17-19-20-21-22-26-29-32-35-39-42-49-55-61-76(81)89-67-74(95-79(84)64-58-52-44-40-36-33-30-27-24-23-25-28-31-34-37-41-47-53-59-71(3)4)69-93-97(85,86)91-65-73(80)66-92-98(87,88)94-70-75(68-90-77(82)62-56-50-46-45-48-54-60-72(5)6)96-78(83)63-57-51-43-38-18-16-14-12-10-8-2/h71-75,80H,7-70H2,1-6H3,(H,85,86)(H,87,88)/t73-,74-,75-/m1/s1. The molecule has 0 spiro atoms. The molecule has 0 aliphatic carbocycles. The van der Waals surface area contributed by atoms with Gasteiger partial charge in [-0.05, 0) is 37.5 Å². The number of hydrogen-bond donors (Lipinski definition) is 3. The van der Waals surface area contributed by atoms with Gasteiger partial charge in [0.25, 0.3) is 0 Å². The summed E-state index contributed by atoms with van der Waals surface area (Å²) in [5, 5.41) is 10.6. The lowest BCUT2D eigenvalue weighted by molar-refractivity contribution is -0.161. The molecule has 3 N–H and O–H groups in total. The fourth-order valence-electron chi connectivity index (χ4n) is 12.2.